The maximum Gasteiger partial charge on any atom is 0.573 e. The molecule has 1 aromatic heterocycles. The maximum absolute atomic E-state index is 12.4. The molecule has 1 heterocycles. The number of guanidine groups is 1. The van der Waals surface area contributed by atoms with Gasteiger partial charge < -0.3 is 15.8 Å². The van der Waals surface area contributed by atoms with Crippen LogP contribution in [0.5, 0.6) is 5.75 Å². The average Bonchev–Trinajstić information content (AvgIpc) is 3.00. The summed E-state index contributed by atoms with van der Waals surface area (Å²) in [5.41, 5.74) is 5.57. The number of alkyl halides is 3. The van der Waals surface area contributed by atoms with E-state index in [0.29, 0.717) is 4.34 Å². The summed E-state index contributed by atoms with van der Waals surface area (Å²) in [6, 6.07) is 8.12. The Kier molecular flexibility index (Phi) is 9.26. The number of nitrogens with two attached hydrogens (primary N) is 1. The first-order valence-corrected chi connectivity index (χ1v) is 9.91. The molecule has 28 heavy (non-hydrogen) atoms. The van der Waals surface area contributed by atoms with E-state index in [-0.39, 0.29) is 52.9 Å². The summed E-state index contributed by atoms with van der Waals surface area (Å²) in [5.74, 6) is -0.676. The summed E-state index contributed by atoms with van der Waals surface area (Å²) in [5, 5.41) is 2.48. The van der Waals surface area contributed by atoms with E-state index in [9.17, 15) is 21.6 Å². The molecule has 0 aliphatic carbocycles. The number of halogens is 5. The normalized spacial score (nSPS) is 12.4. The number of benzene rings is 1. The fraction of sp³-hybridized carbons (Fsp3) is 0.214. The molecule has 0 radical (unpaired) electrons. The van der Waals surface area contributed by atoms with Gasteiger partial charge in [-0.1, -0.05) is 23.7 Å². The van der Waals surface area contributed by atoms with Crippen molar-refractivity contribution >= 4 is 68.6 Å². The van der Waals surface area contributed by atoms with Crippen LogP contribution < -0.4 is 20.5 Å². The second-order valence-corrected chi connectivity index (χ2v) is 8.60. The van der Waals surface area contributed by atoms with E-state index in [0.717, 1.165) is 17.4 Å². The molecular weight excluding hydrogens is 556 g/mol. The molecular formula is C14H15ClF3IN4O3S2. The van der Waals surface area contributed by atoms with Crippen molar-refractivity contribution in [3.63, 3.8) is 0 Å². The van der Waals surface area contributed by atoms with Gasteiger partial charge in [-0.2, -0.15) is 0 Å². The van der Waals surface area contributed by atoms with Crippen molar-refractivity contribution in [1.82, 2.24) is 4.72 Å². The lowest BCUT2D eigenvalue weighted by Crippen LogP contribution is -2.28. The quantitative estimate of drug-likeness (QED) is 0.204. The highest BCUT2D eigenvalue weighted by molar-refractivity contribution is 14.0. The van der Waals surface area contributed by atoms with E-state index in [4.69, 9.17) is 17.3 Å². The number of thiophene rings is 1. The van der Waals surface area contributed by atoms with E-state index in [2.05, 4.69) is 19.8 Å². The van der Waals surface area contributed by atoms with Crippen molar-refractivity contribution in [3.05, 3.63) is 40.7 Å². The number of ether oxygens (including phenoxy) is 1. The number of anilines is 1. The molecule has 0 fully saturated rings. The molecule has 0 saturated carbocycles. The van der Waals surface area contributed by atoms with Gasteiger partial charge >= 0.3 is 6.36 Å². The van der Waals surface area contributed by atoms with E-state index < -0.39 is 22.1 Å². The van der Waals surface area contributed by atoms with Crippen LogP contribution in [0, 0.1) is 0 Å². The number of nitrogens with zero attached hydrogens (tertiary/aromatic N) is 1. The van der Waals surface area contributed by atoms with Crippen molar-refractivity contribution < 1.29 is 26.3 Å². The van der Waals surface area contributed by atoms with Crippen LogP contribution in [0.15, 0.2) is 45.6 Å². The molecule has 7 nitrogen and oxygen atoms in total. The predicted octanol–water partition coefficient (Wildman–Crippen LogP) is 3.62. The van der Waals surface area contributed by atoms with Gasteiger partial charge in [-0.25, -0.2) is 13.1 Å². The van der Waals surface area contributed by atoms with Gasteiger partial charge in [0.1, 0.15) is 4.21 Å². The molecule has 0 atom stereocenters. The van der Waals surface area contributed by atoms with Gasteiger partial charge in [0, 0.05) is 6.54 Å². The monoisotopic (exact) mass is 570 g/mol. The Bertz CT molecular complexity index is 923. The molecule has 0 bridgehead atoms. The summed E-state index contributed by atoms with van der Waals surface area (Å²) >= 11 is 6.60. The van der Waals surface area contributed by atoms with E-state index >= 15 is 0 Å². The van der Waals surface area contributed by atoms with Gasteiger partial charge in [-0.15, -0.1) is 48.5 Å². The Morgan fingerprint density at radius 2 is 1.93 bits per heavy atom. The van der Waals surface area contributed by atoms with Gasteiger partial charge in [0.15, 0.2) is 11.7 Å². The number of hydrogen-bond donors (Lipinski definition) is 3. The summed E-state index contributed by atoms with van der Waals surface area (Å²) in [7, 11) is -3.71. The van der Waals surface area contributed by atoms with Crippen molar-refractivity contribution in [2.45, 2.75) is 10.6 Å². The van der Waals surface area contributed by atoms with E-state index in [1.807, 2.05) is 0 Å². The Hall–Kier alpha value is -1.29. The highest BCUT2D eigenvalue weighted by Crippen LogP contribution is 2.29. The Labute approximate surface area is 185 Å². The highest BCUT2D eigenvalue weighted by atomic mass is 127. The molecule has 0 saturated heterocycles. The van der Waals surface area contributed by atoms with Crippen LogP contribution in [0.3, 0.4) is 0 Å². The number of rotatable bonds is 7. The minimum atomic E-state index is -4.85. The minimum Gasteiger partial charge on any atom is -0.404 e. The molecule has 14 heteroatoms. The van der Waals surface area contributed by atoms with E-state index in [1.54, 1.807) is 0 Å². The summed E-state index contributed by atoms with van der Waals surface area (Å²) in [6.45, 7) is -0.111. The first-order valence-electron chi connectivity index (χ1n) is 7.23. The third kappa shape index (κ3) is 7.98. The van der Waals surface area contributed by atoms with Crippen LogP contribution in [0.1, 0.15) is 0 Å². The zero-order chi connectivity index (χ0) is 20.1. The molecule has 156 valence electrons. The van der Waals surface area contributed by atoms with Crippen LogP contribution in [-0.4, -0.2) is 33.8 Å². The number of aliphatic imine (C=N–C) groups is 1. The molecule has 2 aromatic rings. The van der Waals surface area contributed by atoms with E-state index in [1.165, 1.54) is 30.3 Å². The second kappa shape index (κ2) is 10.5. The first-order chi connectivity index (χ1) is 12.6. The molecule has 4 N–H and O–H groups in total. The van der Waals surface area contributed by atoms with Crippen LogP contribution >= 0.6 is 46.9 Å². The van der Waals surface area contributed by atoms with Crippen molar-refractivity contribution in [1.29, 1.82) is 0 Å². The highest BCUT2D eigenvalue weighted by Gasteiger charge is 2.32. The van der Waals surface area contributed by atoms with Crippen LogP contribution in [0.4, 0.5) is 18.9 Å². The zero-order valence-corrected chi connectivity index (χ0v) is 18.6. The van der Waals surface area contributed by atoms with Gasteiger partial charge in [0.25, 0.3) is 0 Å². The third-order valence-corrected chi connectivity index (χ3v) is 6.06. The smallest absolute Gasteiger partial charge is 0.404 e. The largest absolute Gasteiger partial charge is 0.573 e. The second-order valence-electron chi connectivity index (χ2n) is 4.89. The molecule has 1 aromatic carbocycles. The fourth-order valence-electron chi connectivity index (χ4n) is 1.83. The van der Waals surface area contributed by atoms with Crippen molar-refractivity contribution in [2.75, 3.05) is 18.4 Å². The fourth-order valence-corrected chi connectivity index (χ4v) is 4.38. The minimum absolute atomic E-state index is 0. The molecule has 2 rings (SSSR count). The zero-order valence-electron chi connectivity index (χ0n) is 13.9. The topological polar surface area (TPSA) is 106 Å². The van der Waals surface area contributed by atoms with Crippen molar-refractivity contribution in [3.8, 4) is 5.75 Å². The molecule has 0 amide bonds. The van der Waals surface area contributed by atoms with Crippen LogP contribution in [0.25, 0.3) is 0 Å². The SMILES string of the molecule is I.NC(=NCCNS(=O)(=O)c1ccc(Cl)s1)Nc1ccccc1OC(F)(F)F. The summed E-state index contributed by atoms with van der Waals surface area (Å²) < 4.78 is 67.7. The number of nitrogens with one attached hydrogen (secondary N) is 2. The average molecular weight is 571 g/mol. The Morgan fingerprint density at radius 3 is 2.54 bits per heavy atom. The lowest BCUT2D eigenvalue weighted by atomic mass is 10.3. The Balaban J connectivity index is 0.00000392. The number of hydrogen-bond acceptors (Lipinski definition) is 5. The third-order valence-electron chi connectivity index (χ3n) is 2.87. The molecule has 0 aliphatic rings. The van der Waals surface area contributed by atoms with Gasteiger partial charge in [0.2, 0.25) is 10.0 Å². The van der Waals surface area contributed by atoms with Crippen molar-refractivity contribution in [2.24, 2.45) is 10.7 Å². The Morgan fingerprint density at radius 1 is 1.25 bits per heavy atom. The number of sulfonamides is 1. The standard InChI is InChI=1S/C14H14ClF3N4O3S2.HI/c15-11-5-6-12(26-11)27(23,24)21-8-7-20-13(19)22-9-3-1-2-4-10(9)25-14(16,17)18;/h1-6,21H,7-8H2,(H3,19,20,22);1H. The molecule has 0 aliphatic heterocycles. The van der Waals surface area contributed by atoms with Crippen LogP contribution in [0.2, 0.25) is 4.34 Å². The number of para-hydroxylation sites is 2. The maximum atomic E-state index is 12.4. The molecule has 0 unspecified atom stereocenters. The lowest BCUT2D eigenvalue weighted by molar-refractivity contribution is -0.274. The summed E-state index contributed by atoms with van der Waals surface area (Å²) in [4.78, 5) is 3.86. The van der Waals surface area contributed by atoms with Crippen LogP contribution in [-0.2, 0) is 10.0 Å². The predicted molar refractivity (Wildman–Crippen MR) is 113 cm³/mol. The first kappa shape index (κ1) is 24.7. The summed E-state index contributed by atoms with van der Waals surface area (Å²) in [6.07, 6.45) is -4.85. The van der Waals surface area contributed by atoms with Gasteiger partial charge in [-0.05, 0) is 24.3 Å². The van der Waals surface area contributed by atoms with Gasteiger partial charge in [-0.3, -0.25) is 4.99 Å². The molecule has 0 spiro atoms. The lowest BCUT2D eigenvalue weighted by Gasteiger charge is -2.14. The van der Waals surface area contributed by atoms with Gasteiger partial charge in [0.05, 0.1) is 16.6 Å².